The molecule has 23 heavy (non-hydrogen) atoms. The fourth-order valence-corrected chi connectivity index (χ4v) is 2.77. The van der Waals surface area contributed by atoms with Gasteiger partial charge < -0.3 is 4.74 Å². The van der Waals surface area contributed by atoms with Gasteiger partial charge in [0.2, 0.25) is 5.91 Å². The molecule has 7 heteroatoms. The van der Waals surface area contributed by atoms with Crippen molar-refractivity contribution in [2.45, 2.75) is 51.4 Å². The van der Waals surface area contributed by atoms with E-state index in [1.807, 2.05) is 6.92 Å². The van der Waals surface area contributed by atoms with Crippen molar-refractivity contribution >= 4 is 5.91 Å². The van der Waals surface area contributed by atoms with Crippen LogP contribution in [0, 0.1) is 0 Å². The normalized spacial score (nSPS) is 19.5. The molecule has 4 nitrogen and oxygen atoms in total. The van der Waals surface area contributed by atoms with Crippen LogP contribution in [0.1, 0.15) is 32.8 Å². The van der Waals surface area contributed by atoms with E-state index in [1.54, 1.807) is 38.1 Å². The Balaban J connectivity index is 2.21. The molecular weight excluding hydrogens is 309 g/mol. The van der Waals surface area contributed by atoms with E-state index in [0.717, 1.165) is 5.01 Å². The highest BCUT2D eigenvalue weighted by Crippen LogP contribution is 2.35. The second-order valence-corrected chi connectivity index (χ2v) is 6.23. The molecule has 2 rings (SSSR count). The number of carbonyl (C=O) groups excluding carboxylic acids is 1. The molecule has 0 aromatic heterocycles. The molecule has 0 spiro atoms. The number of ether oxygens (including phenoxy) is 1. The topological polar surface area (TPSA) is 41.6 Å². The summed E-state index contributed by atoms with van der Waals surface area (Å²) in [5.41, 5.74) is 2.00. The number of alkyl halides is 3. The minimum atomic E-state index is -4.45. The summed E-state index contributed by atoms with van der Waals surface area (Å²) in [5, 5.41) is 1.03. The third kappa shape index (κ3) is 4.16. The smallest absolute Gasteiger partial charge is 0.406 e. The van der Waals surface area contributed by atoms with E-state index < -0.39 is 23.7 Å². The summed E-state index contributed by atoms with van der Waals surface area (Å²) in [6.45, 7) is 5.59. The predicted octanol–water partition coefficient (Wildman–Crippen LogP) is 3.07. The van der Waals surface area contributed by atoms with Crippen molar-refractivity contribution in [3.05, 3.63) is 29.8 Å². The van der Waals surface area contributed by atoms with Crippen molar-refractivity contribution in [2.24, 2.45) is 0 Å². The Morgan fingerprint density at radius 2 is 1.91 bits per heavy atom. The van der Waals surface area contributed by atoms with Gasteiger partial charge in [0, 0.05) is 12.0 Å². The highest BCUT2D eigenvalue weighted by Gasteiger charge is 2.51. The highest BCUT2D eigenvalue weighted by molar-refractivity contribution is 5.78. The van der Waals surface area contributed by atoms with Gasteiger partial charge in [-0.15, -0.1) is 0 Å². The maximum absolute atomic E-state index is 13.5. The number of amides is 1. The largest absolute Gasteiger partial charge is 0.494 e. The average Bonchev–Trinajstić information content (AvgIpc) is 2.69. The third-order valence-electron chi connectivity index (χ3n) is 3.84. The van der Waals surface area contributed by atoms with Gasteiger partial charge in [0.05, 0.1) is 6.61 Å². The maximum Gasteiger partial charge on any atom is 0.406 e. The molecule has 0 saturated carbocycles. The number of carbonyl (C=O) groups is 1. The quantitative estimate of drug-likeness (QED) is 0.902. The van der Waals surface area contributed by atoms with Gasteiger partial charge in [-0.25, -0.2) is 5.01 Å². The van der Waals surface area contributed by atoms with Gasteiger partial charge in [-0.05, 0) is 44.9 Å². The lowest BCUT2D eigenvalue weighted by atomic mass is 9.97. The summed E-state index contributed by atoms with van der Waals surface area (Å²) in [6.07, 6.45) is -4.64. The van der Waals surface area contributed by atoms with Crippen LogP contribution in [0.25, 0.3) is 0 Å². The molecule has 1 fully saturated rings. The fourth-order valence-electron chi connectivity index (χ4n) is 2.77. The molecule has 1 saturated heterocycles. The van der Waals surface area contributed by atoms with Crippen LogP contribution in [0.2, 0.25) is 0 Å². The monoisotopic (exact) mass is 330 g/mol. The molecule has 1 aliphatic heterocycles. The molecule has 1 aliphatic rings. The average molecular weight is 330 g/mol. The Morgan fingerprint density at radius 1 is 1.30 bits per heavy atom. The molecular formula is C16H21F3N2O2. The third-order valence-corrected chi connectivity index (χ3v) is 3.84. The van der Waals surface area contributed by atoms with Crippen LogP contribution in [0.3, 0.4) is 0 Å². The first-order chi connectivity index (χ1) is 10.6. The molecule has 1 heterocycles. The Bertz CT molecular complexity index is 555. The van der Waals surface area contributed by atoms with E-state index in [0.29, 0.717) is 17.9 Å². The molecule has 1 aromatic rings. The number of nitrogens with zero attached hydrogens (tertiary/aromatic N) is 1. The van der Waals surface area contributed by atoms with Gasteiger partial charge in [0.1, 0.15) is 11.8 Å². The lowest BCUT2D eigenvalue weighted by Gasteiger charge is -2.37. The lowest BCUT2D eigenvalue weighted by molar-refractivity contribution is -0.200. The fraction of sp³-hybridized carbons (Fsp3) is 0.562. The first-order valence-electron chi connectivity index (χ1n) is 7.51. The van der Waals surface area contributed by atoms with Crippen molar-refractivity contribution < 1.29 is 22.7 Å². The first kappa shape index (κ1) is 17.6. The summed E-state index contributed by atoms with van der Waals surface area (Å²) >= 11 is 0. The maximum atomic E-state index is 13.5. The Morgan fingerprint density at radius 3 is 2.35 bits per heavy atom. The summed E-state index contributed by atoms with van der Waals surface area (Å²) in [4.78, 5) is 11.5. The number of nitrogens with one attached hydrogen (secondary N) is 1. The van der Waals surface area contributed by atoms with E-state index in [1.165, 1.54) is 0 Å². The zero-order valence-corrected chi connectivity index (χ0v) is 13.4. The SMILES string of the molecule is CCOc1ccc(C[C@H](N2NC(=O)CC2(C)C)C(F)(F)F)cc1. The van der Waals surface area contributed by atoms with E-state index in [-0.39, 0.29) is 12.8 Å². The lowest BCUT2D eigenvalue weighted by Crippen LogP contribution is -2.57. The van der Waals surface area contributed by atoms with Crippen LogP contribution in [0.4, 0.5) is 13.2 Å². The summed E-state index contributed by atoms with van der Waals surface area (Å²) < 4.78 is 45.8. The van der Waals surface area contributed by atoms with Gasteiger partial charge in [-0.2, -0.15) is 13.2 Å². The molecule has 0 bridgehead atoms. The molecule has 1 atom stereocenters. The van der Waals surface area contributed by atoms with Crippen LogP contribution >= 0.6 is 0 Å². The van der Waals surface area contributed by atoms with Gasteiger partial charge >= 0.3 is 6.18 Å². The van der Waals surface area contributed by atoms with Crippen LogP contribution in [0.15, 0.2) is 24.3 Å². The predicted molar refractivity (Wildman–Crippen MR) is 79.8 cm³/mol. The van der Waals surface area contributed by atoms with Crippen LogP contribution < -0.4 is 10.2 Å². The zero-order valence-electron chi connectivity index (χ0n) is 13.4. The number of rotatable bonds is 5. The number of benzene rings is 1. The second-order valence-electron chi connectivity index (χ2n) is 6.23. The van der Waals surface area contributed by atoms with Crippen LogP contribution in [0.5, 0.6) is 5.75 Å². The van der Waals surface area contributed by atoms with E-state index in [2.05, 4.69) is 5.43 Å². The van der Waals surface area contributed by atoms with Crippen LogP contribution in [-0.2, 0) is 11.2 Å². The number of halogens is 3. The van der Waals surface area contributed by atoms with Gasteiger partial charge in [-0.1, -0.05) is 12.1 Å². The minimum absolute atomic E-state index is 0.0445. The van der Waals surface area contributed by atoms with Gasteiger partial charge in [-0.3, -0.25) is 10.2 Å². The number of hydrogen-bond acceptors (Lipinski definition) is 3. The van der Waals surface area contributed by atoms with Crippen molar-refractivity contribution in [3.8, 4) is 5.75 Å². The first-order valence-corrected chi connectivity index (χ1v) is 7.51. The Labute approximate surface area is 133 Å². The molecule has 1 N–H and O–H groups in total. The Hall–Kier alpha value is -1.76. The Kier molecular flexibility index (Phi) is 4.89. The second kappa shape index (κ2) is 6.39. The molecule has 1 amide bonds. The standard InChI is InChI=1S/C16H21F3N2O2/c1-4-23-12-7-5-11(6-8-12)9-13(16(17,18)19)21-15(2,3)10-14(22)20-21/h5-8,13H,4,9-10H2,1-3H3,(H,20,22)/t13-/m0/s1. The molecule has 0 radical (unpaired) electrons. The van der Waals surface area contributed by atoms with E-state index in [9.17, 15) is 18.0 Å². The minimum Gasteiger partial charge on any atom is -0.494 e. The van der Waals surface area contributed by atoms with Gasteiger partial charge in [0.15, 0.2) is 0 Å². The summed E-state index contributed by atoms with van der Waals surface area (Å²) in [7, 11) is 0. The number of hydrazine groups is 1. The molecule has 128 valence electrons. The molecule has 0 unspecified atom stereocenters. The van der Waals surface area contributed by atoms with Crippen LogP contribution in [-0.4, -0.2) is 35.3 Å². The van der Waals surface area contributed by atoms with Crippen molar-refractivity contribution in [3.63, 3.8) is 0 Å². The van der Waals surface area contributed by atoms with E-state index >= 15 is 0 Å². The van der Waals surface area contributed by atoms with E-state index in [4.69, 9.17) is 4.74 Å². The molecule has 0 aliphatic carbocycles. The zero-order chi connectivity index (χ0) is 17.3. The highest BCUT2D eigenvalue weighted by atomic mass is 19.4. The van der Waals surface area contributed by atoms with Crippen molar-refractivity contribution in [1.82, 2.24) is 10.4 Å². The molecule has 1 aromatic carbocycles. The summed E-state index contributed by atoms with van der Waals surface area (Å²) in [6, 6.07) is 4.77. The van der Waals surface area contributed by atoms with Crippen molar-refractivity contribution in [2.75, 3.05) is 6.61 Å². The van der Waals surface area contributed by atoms with Crippen molar-refractivity contribution in [1.29, 1.82) is 0 Å². The summed E-state index contributed by atoms with van der Waals surface area (Å²) in [5.74, 6) is 0.227. The number of hydrogen-bond donors (Lipinski definition) is 1. The van der Waals surface area contributed by atoms with Gasteiger partial charge in [0.25, 0.3) is 0 Å².